The zero-order valence-electron chi connectivity index (χ0n) is 16.6. The number of rotatable bonds is 3. The lowest BCUT2D eigenvalue weighted by Gasteiger charge is -2.43. The maximum atomic E-state index is 13.1. The molecule has 2 fully saturated rings. The van der Waals surface area contributed by atoms with Crippen molar-refractivity contribution in [3.05, 3.63) is 35.6 Å². The van der Waals surface area contributed by atoms with Gasteiger partial charge in [-0.3, -0.25) is 4.79 Å². The first-order valence-electron chi connectivity index (χ1n) is 10.1. The molecule has 1 saturated carbocycles. The molecule has 2 unspecified atom stereocenters. The number of carbonyl (C=O) groups is 1. The highest BCUT2D eigenvalue weighted by Crippen LogP contribution is 2.36. The van der Waals surface area contributed by atoms with Gasteiger partial charge >= 0.3 is 0 Å². The molecular weight excluding hydrogens is 338 g/mol. The molecule has 1 aromatic carbocycles. The smallest absolute Gasteiger partial charge is 0.247 e. The van der Waals surface area contributed by atoms with E-state index in [1.165, 1.54) is 25.7 Å². The van der Waals surface area contributed by atoms with Crippen molar-refractivity contribution in [2.24, 2.45) is 5.92 Å². The second kappa shape index (κ2) is 7.41. The number of methoxy groups -OCH3 is 1. The normalized spacial score (nSPS) is 23.4. The van der Waals surface area contributed by atoms with Crippen LogP contribution in [0.3, 0.4) is 0 Å². The molecule has 2 aromatic rings. The summed E-state index contributed by atoms with van der Waals surface area (Å²) < 4.78 is 11.2. The maximum absolute atomic E-state index is 13.1. The Morgan fingerprint density at radius 2 is 2.00 bits per heavy atom. The van der Waals surface area contributed by atoms with Crippen LogP contribution in [0.5, 0.6) is 5.75 Å². The number of amides is 1. The first-order chi connectivity index (χ1) is 13.1. The van der Waals surface area contributed by atoms with E-state index in [0.29, 0.717) is 12.0 Å². The van der Waals surface area contributed by atoms with Crippen LogP contribution in [0.4, 0.5) is 0 Å². The number of allylic oxidation sites excluding steroid dienone is 1. The molecule has 1 aromatic heterocycles. The third kappa shape index (κ3) is 3.38. The second-order valence-electron chi connectivity index (χ2n) is 8.08. The molecule has 0 bridgehead atoms. The second-order valence-corrected chi connectivity index (χ2v) is 8.08. The Balaban J connectivity index is 1.64. The van der Waals surface area contributed by atoms with Crippen molar-refractivity contribution in [2.75, 3.05) is 13.7 Å². The van der Waals surface area contributed by atoms with E-state index in [2.05, 4.69) is 11.0 Å². The summed E-state index contributed by atoms with van der Waals surface area (Å²) >= 11 is 0. The van der Waals surface area contributed by atoms with Gasteiger partial charge in [-0.15, -0.1) is 0 Å². The summed E-state index contributed by atoms with van der Waals surface area (Å²) in [6, 6.07) is 4.42. The Morgan fingerprint density at radius 1 is 1.22 bits per heavy atom. The SMILES string of the molecule is COc1cc2occ(C)c2cc1/C(C)=C/C(=O)N1CCCC2CCCCC21. The molecule has 4 heteroatoms. The first-order valence-corrected chi connectivity index (χ1v) is 10.1. The van der Waals surface area contributed by atoms with Gasteiger partial charge in [0.1, 0.15) is 11.3 Å². The molecule has 2 aliphatic rings. The molecule has 0 radical (unpaired) electrons. The van der Waals surface area contributed by atoms with Gasteiger partial charge in [0.05, 0.1) is 13.4 Å². The van der Waals surface area contributed by atoms with Crippen molar-refractivity contribution in [3.8, 4) is 5.75 Å². The lowest BCUT2D eigenvalue weighted by molar-refractivity contribution is -0.132. The molecule has 1 saturated heterocycles. The number of piperidine rings is 1. The molecule has 0 spiro atoms. The Morgan fingerprint density at radius 3 is 2.81 bits per heavy atom. The largest absolute Gasteiger partial charge is 0.496 e. The maximum Gasteiger partial charge on any atom is 0.247 e. The van der Waals surface area contributed by atoms with E-state index in [0.717, 1.165) is 52.8 Å². The van der Waals surface area contributed by atoms with Gasteiger partial charge < -0.3 is 14.1 Å². The highest BCUT2D eigenvalue weighted by molar-refractivity contribution is 5.97. The van der Waals surface area contributed by atoms with Gasteiger partial charge in [0.2, 0.25) is 5.91 Å². The van der Waals surface area contributed by atoms with E-state index in [1.807, 2.05) is 19.9 Å². The van der Waals surface area contributed by atoms with Gasteiger partial charge in [0.15, 0.2) is 0 Å². The molecule has 0 N–H and O–H groups in total. The van der Waals surface area contributed by atoms with Gasteiger partial charge in [-0.2, -0.15) is 0 Å². The number of likely N-dealkylation sites (tertiary alicyclic amines) is 1. The number of aryl methyl sites for hydroxylation is 1. The average Bonchev–Trinajstić information content (AvgIpc) is 3.06. The molecule has 2 heterocycles. The molecule has 1 amide bonds. The summed E-state index contributed by atoms with van der Waals surface area (Å²) in [7, 11) is 1.66. The van der Waals surface area contributed by atoms with Gasteiger partial charge in [0.25, 0.3) is 0 Å². The van der Waals surface area contributed by atoms with Gasteiger partial charge in [-0.1, -0.05) is 12.8 Å². The van der Waals surface area contributed by atoms with E-state index >= 15 is 0 Å². The van der Waals surface area contributed by atoms with Crippen molar-refractivity contribution in [2.45, 2.75) is 58.4 Å². The number of hydrogen-bond donors (Lipinski definition) is 0. The van der Waals surface area contributed by atoms with Gasteiger partial charge in [-0.05, 0) is 62.7 Å². The zero-order chi connectivity index (χ0) is 19.0. The summed E-state index contributed by atoms with van der Waals surface area (Å²) in [6.45, 7) is 4.92. The molecule has 27 heavy (non-hydrogen) atoms. The number of benzene rings is 1. The van der Waals surface area contributed by atoms with E-state index in [9.17, 15) is 4.79 Å². The lowest BCUT2D eigenvalue weighted by atomic mass is 9.78. The highest BCUT2D eigenvalue weighted by atomic mass is 16.5. The number of nitrogens with zero attached hydrogens (tertiary/aromatic N) is 1. The summed E-state index contributed by atoms with van der Waals surface area (Å²) in [5.41, 5.74) is 3.81. The van der Waals surface area contributed by atoms with Crippen LogP contribution >= 0.6 is 0 Å². The van der Waals surface area contributed by atoms with Crippen LogP contribution in [0.1, 0.15) is 56.6 Å². The molecule has 144 valence electrons. The van der Waals surface area contributed by atoms with Crippen molar-refractivity contribution in [1.82, 2.24) is 4.90 Å². The fourth-order valence-corrected chi connectivity index (χ4v) is 4.90. The summed E-state index contributed by atoms with van der Waals surface area (Å²) in [5.74, 6) is 1.59. The van der Waals surface area contributed by atoms with Crippen LogP contribution in [-0.4, -0.2) is 30.5 Å². The van der Waals surface area contributed by atoms with Crippen LogP contribution in [0.25, 0.3) is 16.5 Å². The van der Waals surface area contributed by atoms with Crippen molar-refractivity contribution in [3.63, 3.8) is 0 Å². The van der Waals surface area contributed by atoms with E-state index in [-0.39, 0.29) is 5.91 Å². The molecule has 2 atom stereocenters. The number of furan rings is 1. The fraction of sp³-hybridized carbons (Fsp3) is 0.522. The topological polar surface area (TPSA) is 42.7 Å². The summed E-state index contributed by atoms with van der Waals surface area (Å²) in [4.78, 5) is 15.2. The summed E-state index contributed by atoms with van der Waals surface area (Å²) in [5, 5.41) is 1.07. The standard InChI is InChI=1S/C23H29NO3/c1-15(18-12-19-16(2)14-27-22(19)13-21(18)26-3)11-23(25)24-10-6-8-17-7-4-5-9-20(17)24/h11-14,17,20H,4-10H2,1-3H3/b15-11+. The Labute approximate surface area is 161 Å². The van der Waals surface area contributed by atoms with Crippen LogP contribution in [-0.2, 0) is 4.79 Å². The van der Waals surface area contributed by atoms with Crippen molar-refractivity contribution < 1.29 is 13.9 Å². The predicted molar refractivity (Wildman–Crippen MR) is 108 cm³/mol. The Kier molecular flexibility index (Phi) is 4.98. The minimum atomic E-state index is 0.148. The molecule has 1 aliphatic carbocycles. The molecular formula is C23H29NO3. The highest BCUT2D eigenvalue weighted by Gasteiger charge is 2.35. The predicted octanol–water partition coefficient (Wildman–Crippen LogP) is 5.33. The third-order valence-corrected chi connectivity index (χ3v) is 6.38. The summed E-state index contributed by atoms with van der Waals surface area (Å²) in [6.07, 6.45) is 11.0. The van der Waals surface area contributed by atoms with Gasteiger partial charge in [0, 0.05) is 35.7 Å². The molecule has 4 nitrogen and oxygen atoms in total. The first kappa shape index (κ1) is 18.1. The average molecular weight is 367 g/mol. The van der Waals surface area contributed by atoms with Crippen LogP contribution < -0.4 is 4.74 Å². The molecule has 4 rings (SSSR count). The minimum Gasteiger partial charge on any atom is -0.496 e. The van der Waals surface area contributed by atoms with Crippen LogP contribution in [0, 0.1) is 12.8 Å². The Bertz CT molecular complexity index is 877. The third-order valence-electron chi connectivity index (χ3n) is 6.38. The number of carbonyl (C=O) groups excluding carboxylic acids is 1. The Hall–Kier alpha value is -2.23. The molecule has 1 aliphatic heterocycles. The quantitative estimate of drug-likeness (QED) is 0.688. The van der Waals surface area contributed by atoms with Gasteiger partial charge in [-0.25, -0.2) is 0 Å². The fourth-order valence-electron chi connectivity index (χ4n) is 4.90. The monoisotopic (exact) mass is 367 g/mol. The van der Waals surface area contributed by atoms with Crippen molar-refractivity contribution >= 4 is 22.4 Å². The van der Waals surface area contributed by atoms with E-state index < -0.39 is 0 Å². The zero-order valence-corrected chi connectivity index (χ0v) is 16.6. The van der Waals surface area contributed by atoms with Crippen LogP contribution in [0.15, 0.2) is 28.9 Å². The van der Waals surface area contributed by atoms with Crippen molar-refractivity contribution in [1.29, 1.82) is 0 Å². The minimum absolute atomic E-state index is 0.148. The number of fused-ring (bicyclic) bond motifs is 2. The number of hydrogen-bond acceptors (Lipinski definition) is 3. The van der Waals surface area contributed by atoms with E-state index in [4.69, 9.17) is 9.15 Å². The lowest BCUT2D eigenvalue weighted by Crippen LogP contribution is -2.49. The van der Waals surface area contributed by atoms with E-state index in [1.54, 1.807) is 19.4 Å². The van der Waals surface area contributed by atoms with Crippen LogP contribution in [0.2, 0.25) is 0 Å². The number of ether oxygens (including phenoxy) is 1.